The van der Waals surface area contributed by atoms with Crippen molar-refractivity contribution in [3.63, 3.8) is 0 Å². The quantitative estimate of drug-likeness (QED) is 0.259. The van der Waals surface area contributed by atoms with Gasteiger partial charge in [0, 0.05) is 0 Å². The van der Waals surface area contributed by atoms with Crippen LogP contribution in [0.25, 0.3) is 6.08 Å². The predicted molar refractivity (Wildman–Crippen MR) is 153 cm³/mol. The van der Waals surface area contributed by atoms with E-state index >= 15 is 0 Å². The average molecular weight is 621 g/mol. The van der Waals surface area contributed by atoms with E-state index in [0.29, 0.717) is 39.8 Å². The van der Waals surface area contributed by atoms with Gasteiger partial charge in [0.1, 0.15) is 18.9 Å². The van der Waals surface area contributed by atoms with Gasteiger partial charge in [-0.25, -0.2) is 0 Å². The fourth-order valence-corrected chi connectivity index (χ4v) is 5.14. The van der Waals surface area contributed by atoms with Gasteiger partial charge in [0.25, 0.3) is 11.1 Å². The summed E-state index contributed by atoms with van der Waals surface area (Å²) in [6.07, 6.45) is -3.24. The molecule has 1 aliphatic rings. The Morgan fingerprint density at radius 2 is 1.79 bits per heavy atom. The summed E-state index contributed by atoms with van der Waals surface area (Å²) in [5.74, 6) is -1.08. The summed E-state index contributed by atoms with van der Waals surface area (Å²) in [4.78, 5) is 38.9. The van der Waals surface area contributed by atoms with Gasteiger partial charge >= 0.3 is 6.18 Å². The van der Waals surface area contributed by atoms with Crippen LogP contribution in [0.2, 0.25) is 5.02 Å². The molecule has 1 aliphatic heterocycles. The molecule has 0 aromatic heterocycles. The highest BCUT2D eigenvalue weighted by Gasteiger charge is 2.37. The van der Waals surface area contributed by atoms with Crippen molar-refractivity contribution in [1.82, 2.24) is 4.90 Å². The second kappa shape index (κ2) is 12.8. The third kappa shape index (κ3) is 7.18. The molecule has 1 saturated heterocycles. The maximum atomic E-state index is 13.1. The minimum Gasteiger partial charge on any atom is -0.495 e. The lowest BCUT2D eigenvalue weighted by Crippen LogP contribution is -2.36. The summed E-state index contributed by atoms with van der Waals surface area (Å²) in [6, 6.07) is 13.4. The number of halogens is 4. The Balaban J connectivity index is 1.48. The Kier molecular flexibility index (Phi) is 9.37. The van der Waals surface area contributed by atoms with E-state index in [4.69, 9.17) is 25.8 Å². The molecule has 13 heteroatoms. The number of rotatable bonds is 9. The van der Waals surface area contributed by atoms with Crippen LogP contribution in [-0.2, 0) is 22.4 Å². The van der Waals surface area contributed by atoms with Crippen molar-refractivity contribution in [2.45, 2.75) is 19.7 Å². The zero-order valence-corrected chi connectivity index (χ0v) is 24.1. The number of nitrogens with zero attached hydrogens (tertiary/aromatic N) is 1. The lowest BCUT2D eigenvalue weighted by Gasteiger charge is -2.16. The molecule has 3 amide bonds. The molecule has 0 radical (unpaired) electrons. The van der Waals surface area contributed by atoms with Gasteiger partial charge in [-0.15, -0.1) is 0 Å². The zero-order valence-electron chi connectivity index (χ0n) is 22.5. The highest BCUT2D eigenvalue weighted by Crippen LogP contribution is 2.40. The molecular formula is C29H24ClF3N2O6S. The number of thioether (sulfide) groups is 1. The van der Waals surface area contributed by atoms with Crippen LogP contribution in [0, 0.1) is 6.92 Å². The van der Waals surface area contributed by atoms with Gasteiger partial charge in [0.2, 0.25) is 5.91 Å². The third-order valence-corrected chi connectivity index (χ3v) is 7.18. The molecule has 0 aliphatic carbocycles. The number of hydrogen-bond acceptors (Lipinski definition) is 7. The van der Waals surface area contributed by atoms with Crippen LogP contribution in [-0.4, -0.2) is 42.7 Å². The number of benzene rings is 3. The first-order valence-electron chi connectivity index (χ1n) is 12.3. The van der Waals surface area contributed by atoms with E-state index in [0.717, 1.165) is 23.3 Å². The number of carbonyl (C=O) groups is 3. The largest absolute Gasteiger partial charge is 0.495 e. The second-order valence-electron chi connectivity index (χ2n) is 9.04. The summed E-state index contributed by atoms with van der Waals surface area (Å²) in [5.41, 5.74) is 1.18. The molecule has 8 nitrogen and oxygen atoms in total. The van der Waals surface area contributed by atoms with Gasteiger partial charge in [-0.3, -0.25) is 19.3 Å². The van der Waals surface area contributed by atoms with E-state index in [1.807, 2.05) is 31.2 Å². The molecule has 1 heterocycles. The standard InChI is InChI=1S/C29H24ClF3N2O6S/c1-16-5-4-6-17(9-16)15-41-26-20(30)10-18(11-23(26)40-3)12-24-27(37)35(28(38)42-24)14-25(36)34-21-13-19(29(31,32)33)7-8-22(21)39-2/h4-13H,14-15H2,1-3H3,(H,34,36)/b24-12-. The number of imide groups is 1. The number of alkyl halides is 3. The monoisotopic (exact) mass is 620 g/mol. The summed E-state index contributed by atoms with van der Waals surface area (Å²) in [5, 5.41) is 1.76. The smallest absolute Gasteiger partial charge is 0.416 e. The highest BCUT2D eigenvalue weighted by molar-refractivity contribution is 8.18. The van der Waals surface area contributed by atoms with E-state index < -0.39 is 35.3 Å². The first-order chi connectivity index (χ1) is 19.9. The van der Waals surface area contributed by atoms with Crippen LogP contribution in [0.1, 0.15) is 22.3 Å². The summed E-state index contributed by atoms with van der Waals surface area (Å²) in [6.45, 7) is 1.48. The van der Waals surface area contributed by atoms with E-state index in [1.54, 1.807) is 6.07 Å². The number of aryl methyl sites for hydroxylation is 1. The highest BCUT2D eigenvalue weighted by atomic mass is 35.5. The van der Waals surface area contributed by atoms with Gasteiger partial charge < -0.3 is 19.5 Å². The number of methoxy groups -OCH3 is 2. The Bertz CT molecular complexity index is 1580. The van der Waals surface area contributed by atoms with Crippen molar-refractivity contribution in [3.8, 4) is 17.2 Å². The molecule has 3 aromatic rings. The molecule has 220 valence electrons. The van der Waals surface area contributed by atoms with Gasteiger partial charge in [-0.05, 0) is 66.2 Å². The molecule has 0 saturated carbocycles. The zero-order chi connectivity index (χ0) is 30.6. The van der Waals surface area contributed by atoms with Crippen molar-refractivity contribution >= 4 is 52.2 Å². The molecule has 0 atom stereocenters. The summed E-state index contributed by atoms with van der Waals surface area (Å²) < 4.78 is 55.7. The Labute approximate surface area is 248 Å². The SMILES string of the molecule is COc1ccc(C(F)(F)F)cc1NC(=O)CN1C(=O)S/C(=C\c2cc(Cl)c(OCc3cccc(C)c3)c(OC)c2)C1=O. The number of amides is 3. The predicted octanol–water partition coefficient (Wildman–Crippen LogP) is 6.94. The summed E-state index contributed by atoms with van der Waals surface area (Å²) in [7, 11) is 2.66. The lowest BCUT2D eigenvalue weighted by molar-refractivity contribution is -0.137. The van der Waals surface area contributed by atoms with Crippen molar-refractivity contribution < 1.29 is 41.8 Å². The van der Waals surface area contributed by atoms with Gasteiger partial charge in [-0.2, -0.15) is 13.2 Å². The average Bonchev–Trinajstić information content (AvgIpc) is 3.18. The van der Waals surface area contributed by atoms with E-state index in [2.05, 4.69) is 5.32 Å². The molecule has 1 fully saturated rings. The van der Waals surface area contributed by atoms with Crippen LogP contribution in [0.4, 0.5) is 23.7 Å². The first kappa shape index (κ1) is 30.8. The Hall–Kier alpha value is -4.16. The molecule has 4 rings (SSSR count). The van der Waals surface area contributed by atoms with Gasteiger partial charge in [-0.1, -0.05) is 41.4 Å². The topological polar surface area (TPSA) is 94.2 Å². The lowest BCUT2D eigenvalue weighted by atomic mass is 10.1. The number of carbonyl (C=O) groups excluding carboxylic acids is 3. The fraction of sp³-hybridized carbons (Fsp3) is 0.207. The molecule has 3 aromatic carbocycles. The van der Waals surface area contributed by atoms with Crippen molar-refractivity contribution in [2.75, 3.05) is 26.1 Å². The van der Waals surface area contributed by atoms with Crippen LogP contribution >= 0.6 is 23.4 Å². The number of ether oxygens (including phenoxy) is 3. The van der Waals surface area contributed by atoms with Crippen LogP contribution in [0.15, 0.2) is 59.5 Å². The molecule has 1 N–H and O–H groups in total. The van der Waals surface area contributed by atoms with Crippen molar-refractivity contribution in [3.05, 3.63) is 86.8 Å². The second-order valence-corrected chi connectivity index (χ2v) is 10.4. The first-order valence-corrected chi connectivity index (χ1v) is 13.5. The number of anilines is 1. The molecule has 42 heavy (non-hydrogen) atoms. The minimum absolute atomic E-state index is 0.0102. The number of hydrogen-bond donors (Lipinski definition) is 1. The number of nitrogens with one attached hydrogen (secondary N) is 1. The van der Waals surface area contributed by atoms with Crippen molar-refractivity contribution in [1.29, 1.82) is 0 Å². The Morgan fingerprint density at radius 3 is 2.45 bits per heavy atom. The maximum Gasteiger partial charge on any atom is 0.416 e. The molecule has 0 unspecified atom stereocenters. The van der Waals surface area contributed by atoms with Crippen molar-refractivity contribution in [2.24, 2.45) is 0 Å². The van der Waals surface area contributed by atoms with Crippen LogP contribution in [0.3, 0.4) is 0 Å². The third-order valence-electron chi connectivity index (χ3n) is 5.99. The van der Waals surface area contributed by atoms with Gasteiger partial charge in [0.05, 0.1) is 35.4 Å². The summed E-state index contributed by atoms with van der Waals surface area (Å²) >= 11 is 7.06. The minimum atomic E-state index is -4.65. The maximum absolute atomic E-state index is 13.1. The van der Waals surface area contributed by atoms with Crippen LogP contribution < -0.4 is 19.5 Å². The van der Waals surface area contributed by atoms with Crippen LogP contribution in [0.5, 0.6) is 17.2 Å². The molecule has 0 spiro atoms. The molecule has 0 bridgehead atoms. The van der Waals surface area contributed by atoms with Gasteiger partial charge in [0.15, 0.2) is 11.5 Å². The Morgan fingerprint density at radius 1 is 1.05 bits per heavy atom. The van der Waals surface area contributed by atoms with E-state index in [-0.39, 0.29) is 28.0 Å². The fourth-order valence-electron chi connectivity index (χ4n) is 4.02. The normalized spacial score (nSPS) is 14.4. The van der Waals surface area contributed by atoms with E-state index in [1.165, 1.54) is 26.4 Å². The van der Waals surface area contributed by atoms with E-state index in [9.17, 15) is 27.6 Å². The molecular weight excluding hydrogens is 597 g/mol.